The van der Waals surface area contributed by atoms with E-state index in [0.29, 0.717) is 29.9 Å². The van der Waals surface area contributed by atoms with Crippen molar-refractivity contribution in [2.75, 3.05) is 52.4 Å². The van der Waals surface area contributed by atoms with Crippen molar-refractivity contribution in [1.29, 1.82) is 0 Å². The molecule has 1 aliphatic heterocycles. The monoisotopic (exact) mass is 595 g/mol. The second-order valence-electron chi connectivity index (χ2n) is 10.1. The molecule has 3 atom stereocenters. The largest absolute Gasteiger partial charge is 0.495 e. The molecule has 0 amide bonds. The molecule has 4 rings (SSSR count). The molecule has 1 aliphatic rings. The fraction of sp³-hybridized carbons (Fsp3) is 0.464. The number of alkyl halides is 4. The van der Waals surface area contributed by atoms with E-state index in [2.05, 4.69) is 27.5 Å². The molecule has 0 saturated carbocycles. The Morgan fingerprint density at radius 3 is 2.66 bits per heavy atom. The number of anilines is 1. The van der Waals surface area contributed by atoms with Gasteiger partial charge in [0.15, 0.2) is 9.84 Å². The summed E-state index contributed by atoms with van der Waals surface area (Å²) in [7, 11) is 1.53. The minimum absolute atomic E-state index is 0.0222. The summed E-state index contributed by atoms with van der Waals surface area (Å²) in [5.41, 5.74) is 1.25. The molecule has 2 N–H and O–H groups in total. The lowest BCUT2D eigenvalue weighted by Gasteiger charge is -2.37. The Bertz CT molecular complexity index is 1560. The maximum Gasteiger partial charge on any atom is 0.394 e. The third-order valence-electron chi connectivity index (χ3n) is 7.19. The van der Waals surface area contributed by atoms with Crippen LogP contribution in [0.5, 0.6) is 5.75 Å². The van der Waals surface area contributed by atoms with Gasteiger partial charge in [-0.05, 0) is 51.2 Å². The smallest absolute Gasteiger partial charge is 0.394 e. The lowest BCUT2D eigenvalue weighted by Crippen LogP contribution is -2.44. The Hall–Kier alpha value is -3.34. The van der Waals surface area contributed by atoms with Crippen molar-refractivity contribution < 1.29 is 30.7 Å². The maximum atomic E-state index is 15.1. The van der Waals surface area contributed by atoms with E-state index in [9.17, 15) is 21.6 Å². The second-order valence-corrected chi connectivity index (χ2v) is 12.2. The first-order valence-electron chi connectivity index (χ1n) is 13.0. The number of aromatic nitrogens is 2. The summed E-state index contributed by atoms with van der Waals surface area (Å²) >= 11 is 0. The van der Waals surface area contributed by atoms with Crippen LogP contribution in [0.1, 0.15) is 29.4 Å². The van der Waals surface area contributed by atoms with Gasteiger partial charge in [-0.25, -0.2) is 17.8 Å². The van der Waals surface area contributed by atoms with E-state index >= 15 is 4.39 Å². The molecule has 41 heavy (non-hydrogen) atoms. The Morgan fingerprint density at radius 1 is 1.27 bits per heavy atom. The molecule has 0 aliphatic carbocycles. The maximum absolute atomic E-state index is 15.1. The molecule has 0 bridgehead atoms. The molecule has 222 valence electrons. The van der Waals surface area contributed by atoms with Crippen molar-refractivity contribution in [3.63, 3.8) is 0 Å². The SMILES string of the molecule is CN[C@@H](c1cccn2c(CC(F)(F)F)c(C#CCNc3ccc(S(C)(=O)=O)cc3OC)nc12)[C@H]1CCN(C)C[C@@H]1F. The van der Waals surface area contributed by atoms with Gasteiger partial charge >= 0.3 is 6.18 Å². The minimum atomic E-state index is -4.50. The topological polar surface area (TPSA) is 88.0 Å². The molecule has 0 spiro atoms. The molecule has 2 aromatic heterocycles. The number of pyridine rings is 1. The molecular weight excluding hydrogens is 562 g/mol. The van der Waals surface area contributed by atoms with Crippen LogP contribution in [0, 0.1) is 17.8 Å². The van der Waals surface area contributed by atoms with Crippen LogP contribution in [0.25, 0.3) is 5.65 Å². The van der Waals surface area contributed by atoms with Gasteiger partial charge in [0.2, 0.25) is 0 Å². The van der Waals surface area contributed by atoms with Crippen molar-refractivity contribution in [3.8, 4) is 17.6 Å². The Labute approximate surface area is 237 Å². The van der Waals surface area contributed by atoms with Gasteiger partial charge in [0.25, 0.3) is 0 Å². The number of ether oxygens (including phenoxy) is 1. The number of piperidine rings is 1. The molecule has 1 fully saturated rings. The summed E-state index contributed by atoms with van der Waals surface area (Å²) in [6, 6.07) is 7.28. The Kier molecular flexibility index (Phi) is 9.16. The minimum Gasteiger partial charge on any atom is -0.495 e. The van der Waals surface area contributed by atoms with Crippen LogP contribution in [0.2, 0.25) is 0 Å². The van der Waals surface area contributed by atoms with E-state index in [-0.39, 0.29) is 41.0 Å². The van der Waals surface area contributed by atoms with Gasteiger partial charge in [-0.2, -0.15) is 13.2 Å². The van der Waals surface area contributed by atoms with E-state index in [1.807, 2.05) is 11.9 Å². The number of methoxy groups -OCH3 is 1. The first kappa shape index (κ1) is 30.6. The van der Waals surface area contributed by atoms with Crippen LogP contribution >= 0.6 is 0 Å². The van der Waals surface area contributed by atoms with Gasteiger partial charge in [0.05, 0.1) is 36.4 Å². The number of imidazole rings is 1. The van der Waals surface area contributed by atoms with Gasteiger partial charge in [-0.15, -0.1) is 0 Å². The van der Waals surface area contributed by atoms with Crippen molar-refractivity contribution in [3.05, 3.63) is 53.5 Å². The quantitative estimate of drug-likeness (QED) is 0.302. The van der Waals surface area contributed by atoms with Crippen molar-refractivity contribution >= 4 is 21.2 Å². The molecule has 13 heteroatoms. The number of rotatable bonds is 8. The first-order chi connectivity index (χ1) is 19.3. The summed E-state index contributed by atoms with van der Waals surface area (Å²) in [5, 5.41) is 6.17. The van der Waals surface area contributed by atoms with Crippen LogP contribution in [0.4, 0.5) is 23.2 Å². The normalized spacial score (nSPS) is 19.0. The molecular formula is C28H33F4N5O3S. The molecule has 3 heterocycles. The number of fused-ring (bicyclic) bond motifs is 1. The number of hydrogen-bond donors (Lipinski definition) is 2. The fourth-order valence-corrected chi connectivity index (χ4v) is 5.84. The number of nitrogens with zero attached hydrogens (tertiary/aromatic N) is 3. The average molecular weight is 596 g/mol. The summed E-state index contributed by atoms with van der Waals surface area (Å²) < 4.78 is 86.2. The number of hydrogen-bond acceptors (Lipinski definition) is 7. The molecule has 1 saturated heterocycles. The predicted octanol–water partition coefficient (Wildman–Crippen LogP) is 3.87. The van der Waals surface area contributed by atoms with Crippen LogP contribution in [0.3, 0.4) is 0 Å². The molecule has 3 aromatic rings. The van der Waals surface area contributed by atoms with E-state index in [1.165, 1.54) is 35.9 Å². The van der Waals surface area contributed by atoms with Gasteiger partial charge in [-0.3, -0.25) is 0 Å². The van der Waals surface area contributed by atoms with Gasteiger partial charge in [-0.1, -0.05) is 12.0 Å². The van der Waals surface area contributed by atoms with Crippen molar-refractivity contribution in [2.45, 2.75) is 36.1 Å². The zero-order chi connectivity index (χ0) is 29.9. The van der Waals surface area contributed by atoms with Crippen LogP contribution in [0.15, 0.2) is 41.4 Å². The summed E-state index contributed by atoms with van der Waals surface area (Å²) in [6.07, 6.45) is -3.66. The first-order valence-corrected chi connectivity index (χ1v) is 14.9. The zero-order valence-corrected chi connectivity index (χ0v) is 24.0. The molecule has 8 nitrogen and oxygen atoms in total. The van der Waals surface area contributed by atoms with Gasteiger partial charge in [0.1, 0.15) is 23.3 Å². The van der Waals surface area contributed by atoms with Gasteiger partial charge < -0.3 is 24.7 Å². The average Bonchev–Trinajstić information content (AvgIpc) is 3.24. The standard InChI is InChI=1S/C28H33F4N5O3S/c1-33-26(19-11-14-36(2)17-21(19)29)20-7-6-13-37-24(16-28(30,31)32)22(35-27(20)37)8-5-12-34-23-10-9-18(41(4,38)39)15-25(23)40-3/h6-7,9-10,13,15,19,21,26,33-34H,11-12,14,16-17H2,1-4H3/t19-,21-,26+/m0/s1. The van der Waals surface area contributed by atoms with Crippen molar-refractivity contribution in [1.82, 2.24) is 19.6 Å². The van der Waals surface area contributed by atoms with E-state index in [4.69, 9.17) is 4.74 Å². The van der Waals surface area contributed by atoms with E-state index in [0.717, 1.165) is 6.26 Å². The highest BCUT2D eigenvalue weighted by Gasteiger charge is 2.36. The Morgan fingerprint density at radius 2 is 2.02 bits per heavy atom. The van der Waals surface area contributed by atoms with Crippen LogP contribution < -0.4 is 15.4 Å². The third-order valence-corrected chi connectivity index (χ3v) is 8.30. The second kappa shape index (κ2) is 12.3. The van der Waals surface area contributed by atoms with Crippen molar-refractivity contribution in [2.24, 2.45) is 5.92 Å². The molecule has 0 unspecified atom stereocenters. The predicted molar refractivity (Wildman–Crippen MR) is 149 cm³/mol. The highest BCUT2D eigenvalue weighted by Crippen LogP contribution is 2.35. The van der Waals surface area contributed by atoms with E-state index in [1.54, 1.807) is 19.2 Å². The van der Waals surface area contributed by atoms with Crippen LogP contribution in [-0.2, 0) is 16.3 Å². The van der Waals surface area contributed by atoms with Crippen LogP contribution in [-0.4, -0.2) is 82.1 Å². The van der Waals surface area contributed by atoms with Gasteiger partial charge in [0, 0.05) is 42.6 Å². The van der Waals surface area contributed by atoms with E-state index < -0.39 is 34.6 Å². The number of sulfone groups is 1. The summed E-state index contributed by atoms with van der Waals surface area (Å²) in [6.45, 7) is 1.02. The molecule has 1 aromatic carbocycles. The highest BCUT2D eigenvalue weighted by molar-refractivity contribution is 7.90. The third kappa shape index (κ3) is 7.12. The number of benzene rings is 1. The lowest BCUT2D eigenvalue weighted by molar-refractivity contribution is -0.128. The highest BCUT2D eigenvalue weighted by atomic mass is 32.2. The summed E-state index contributed by atoms with van der Waals surface area (Å²) in [5.74, 6) is 5.49. The number of nitrogens with one attached hydrogen (secondary N) is 2. The number of halogens is 4. The molecule has 0 radical (unpaired) electrons. The zero-order valence-electron chi connectivity index (χ0n) is 23.2. The Balaban J connectivity index is 1.67. The number of likely N-dealkylation sites (tertiary alicyclic amines) is 1. The lowest BCUT2D eigenvalue weighted by atomic mass is 9.84. The fourth-order valence-electron chi connectivity index (χ4n) is 5.21. The summed E-state index contributed by atoms with van der Waals surface area (Å²) in [4.78, 5) is 6.52.